The fraction of sp³-hybridized carbons (Fsp3) is 0.208. The maximum absolute atomic E-state index is 12.6. The van der Waals surface area contributed by atoms with E-state index in [0.29, 0.717) is 43.8 Å². The van der Waals surface area contributed by atoms with E-state index < -0.39 is 5.97 Å². The highest BCUT2D eigenvalue weighted by atomic mass is 35.5. The van der Waals surface area contributed by atoms with E-state index >= 15 is 0 Å². The predicted molar refractivity (Wildman–Crippen MR) is 120 cm³/mol. The summed E-state index contributed by atoms with van der Waals surface area (Å²) in [5.41, 5.74) is 1.81. The highest BCUT2D eigenvalue weighted by Gasteiger charge is 2.23. The molecule has 7 nitrogen and oxygen atoms in total. The van der Waals surface area contributed by atoms with Gasteiger partial charge in [0.05, 0.1) is 10.6 Å². The summed E-state index contributed by atoms with van der Waals surface area (Å²) in [5, 5.41) is 0.199. The number of amides is 1. The molecular weight excluding hydrogens is 432 g/mol. The summed E-state index contributed by atoms with van der Waals surface area (Å²) in [7, 11) is 0. The first-order chi connectivity index (χ1) is 15.5. The van der Waals surface area contributed by atoms with E-state index in [-0.39, 0.29) is 28.9 Å². The van der Waals surface area contributed by atoms with Crippen molar-refractivity contribution in [2.24, 2.45) is 0 Å². The number of para-hydroxylation sites is 1. The van der Waals surface area contributed by atoms with Gasteiger partial charge >= 0.3 is 5.97 Å². The van der Waals surface area contributed by atoms with Crippen LogP contribution >= 0.6 is 11.6 Å². The van der Waals surface area contributed by atoms with Crippen LogP contribution in [-0.4, -0.2) is 55.8 Å². The topological polar surface area (TPSA) is 80.1 Å². The van der Waals surface area contributed by atoms with Gasteiger partial charge in [0.25, 0.3) is 5.91 Å². The van der Waals surface area contributed by atoms with Crippen molar-refractivity contribution in [1.82, 2.24) is 4.90 Å². The van der Waals surface area contributed by atoms with Crippen LogP contribution < -0.4 is 4.90 Å². The van der Waals surface area contributed by atoms with Gasteiger partial charge < -0.3 is 19.0 Å². The minimum Gasteiger partial charge on any atom is -0.453 e. The fourth-order valence-electron chi connectivity index (χ4n) is 3.56. The normalized spacial score (nSPS) is 13.7. The second-order valence-corrected chi connectivity index (χ2v) is 7.70. The van der Waals surface area contributed by atoms with Crippen molar-refractivity contribution in [2.75, 3.05) is 37.7 Å². The van der Waals surface area contributed by atoms with Crippen molar-refractivity contribution < 1.29 is 23.5 Å². The molecule has 0 spiro atoms. The smallest absolute Gasteiger partial charge is 0.340 e. The number of benzene rings is 2. The van der Waals surface area contributed by atoms with Gasteiger partial charge in [0.15, 0.2) is 18.7 Å². The number of ether oxygens (including phenoxy) is 1. The highest BCUT2D eigenvalue weighted by Crippen LogP contribution is 2.27. The average Bonchev–Trinajstić information content (AvgIpc) is 3.33. The maximum atomic E-state index is 12.6. The molecule has 0 unspecified atom stereocenters. The number of nitrogens with zero attached hydrogens (tertiary/aromatic N) is 2. The molecule has 1 fully saturated rings. The number of piperazine rings is 1. The van der Waals surface area contributed by atoms with Crippen molar-refractivity contribution in [1.29, 1.82) is 0 Å². The number of halogens is 1. The van der Waals surface area contributed by atoms with Crippen LogP contribution in [0.15, 0.2) is 65.1 Å². The van der Waals surface area contributed by atoms with Crippen LogP contribution in [0.1, 0.15) is 20.9 Å². The van der Waals surface area contributed by atoms with E-state index in [0.717, 1.165) is 5.69 Å². The summed E-state index contributed by atoms with van der Waals surface area (Å²) in [5.74, 6) is -0.350. The molecule has 3 aromatic rings. The molecule has 0 N–H and O–H groups in total. The fourth-order valence-corrected chi connectivity index (χ4v) is 3.75. The van der Waals surface area contributed by atoms with Crippen LogP contribution in [0.4, 0.5) is 5.69 Å². The molecule has 164 valence electrons. The Bertz CT molecular complexity index is 1120. The summed E-state index contributed by atoms with van der Waals surface area (Å²) in [6.07, 6.45) is 0.597. The summed E-state index contributed by atoms with van der Waals surface area (Å²) in [6, 6.07) is 17.9. The summed E-state index contributed by atoms with van der Waals surface area (Å²) >= 11 is 6.16. The Kier molecular flexibility index (Phi) is 6.56. The van der Waals surface area contributed by atoms with Gasteiger partial charge in [-0.1, -0.05) is 29.8 Å². The SMILES string of the molecule is O=Cc1ccc(-c2ccc(Cl)c(C(=O)OCC(=O)N3CCN(c4ccccc4)CC3)c2)o1. The quantitative estimate of drug-likeness (QED) is 0.416. The maximum Gasteiger partial charge on any atom is 0.340 e. The van der Waals surface area contributed by atoms with Crippen LogP contribution in [0, 0.1) is 0 Å². The first-order valence-corrected chi connectivity index (χ1v) is 10.5. The standard InChI is InChI=1S/C24H21ClN2O5/c25-21-8-6-17(22-9-7-19(15-28)32-22)14-20(21)24(30)31-16-23(29)27-12-10-26(11-13-27)18-4-2-1-3-5-18/h1-9,14-15H,10-13,16H2. The van der Waals surface area contributed by atoms with Gasteiger partial charge in [-0.2, -0.15) is 0 Å². The summed E-state index contributed by atoms with van der Waals surface area (Å²) in [6.45, 7) is 2.17. The van der Waals surface area contributed by atoms with Gasteiger partial charge in [-0.15, -0.1) is 0 Å². The number of carbonyl (C=O) groups is 3. The minimum absolute atomic E-state index is 0.120. The molecule has 1 aromatic heterocycles. The van der Waals surface area contributed by atoms with Gasteiger partial charge in [-0.25, -0.2) is 4.79 Å². The number of hydrogen-bond acceptors (Lipinski definition) is 6. The Balaban J connectivity index is 1.34. The van der Waals surface area contributed by atoms with E-state index in [1.54, 1.807) is 23.1 Å². The number of anilines is 1. The monoisotopic (exact) mass is 452 g/mol. The highest BCUT2D eigenvalue weighted by molar-refractivity contribution is 6.33. The lowest BCUT2D eigenvalue weighted by Gasteiger charge is -2.36. The third-order valence-corrected chi connectivity index (χ3v) is 5.62. The Hall–Kier alpha value is -3.58. The summed E-state index contributed by atoms with van der Waals surface area (Å²) in [4.78, 5) is 39.8. The zero-order valence-corrected chi connectivity index (χ0v) is 18.0. The van der Waals surface area contributed by atoms with Crippen molar-refractivity contribution in [3.05, 3.63) is 77.0 Å². The van der Waals surface area contributed by atoms with Crippen LogP contribution in [-0.2, 0) is 9.53 Å². The van der Waals surface area contributed by atoms with Crippen LogP contribution in [0.25, 0.3) is 11.3 Å². The average molecular weight is 453 g/mol. The molecule has 32 heavy (non-hydrogen) atoms. The number of esters is 1. The van der Waals surface area contributed by atoms with Gasteiger partial charge in [0, 0.05) is 37.4 Å². The molecule has 0 saturated carbocycles. The molecule has 0 bridgehead atoms. The zero-order chi connectivity index (χ0) is 22.5. The largest absolute Gasteiger partial charge is 0.453 e. The Labute approximate surface area is 190 Å². The molecule has 1 saturated heterocycles. The number of carbonyl (C=O) groups excluding carboxylic acids is 3. The second kappa shape index (κ2) is 9.70. The minimum atomic E-state index is -0.699. The number of rotatable bonds is 6. The molecule has 4 rings (SSSR count). The number of aldehydes is 1. The Morgan fingerprint density at radius 3 is 2.44 bits per heavy atom. The van der Waals surface area contributed by atoms with Gasteiger partial charge in [-0.05, 0) is 42.5 Å². The molecular formula is C24H21ClN2O5. The molecule has 1 aliphatic rings. The van der Waals surface area contributed by atoms with E-state index in [9.17, 15) is 14.4 Å². The lowest BCUT2D eigenvalue weighted by molar-refractivity contribution is -0.134. The van der Waals surface area contributed by atoms with Crippen LogP contribution in [0.3, 0.4) is 0 Å². The third kappa shape index (κ3) is 4.84. The third-order valence-electron chi connectivity index (χ3n) is 5.29. The van der Waals surface area contributed by atoms with Crippen LogP contribution in [0.2, 0.25) is 5.02 Å². The van der Waals surface area contributed by atoms with E-state index in [4.69, 9.17) is 20.8 Å². The Morgan fingerprint density at radius 2 is 1.75 bits per heavy atom. The second-order valence-electron chi connectivity index (χ2n) is 7.29. The molecule has 2 aromatic carbocycles. The first kappa shape index (κ1) is 21.6. The molecule has 1 amide bonds. The van der Waals surface area contributed by atoms with Crippen molar-refractivity contribution >= 4 is 35.5 Å². The van der Waals surface area contributed by atoms with Crippen molar-refractivity contribution in [2.45, 2.75) is 0 Å². The van der Waals surface area contributed by atoms with Gasteiger partial charge in [0.2, 0.25) is 0 Å². The van der Waals surface area contributed by atoms with E-state index in [2.05, 4.69) is 4.90 Å². The molecule has 0 aliphatic carbocycles. The summed E-state index contributed by atoms with van der Waals surface area (Å²) < 4.78 is 10.6. The molecule has 2 heterocycles. The zero-order valence-electron chi connectivity index (χ0n) is 17.2. The molecule has 0 atom stereocenters. The van der Waals surface area contributed by atoms with E-state index in [1.807, 2.05) is 30.3 Å². The molecule has 1 aliphatic heterocycles. The van der Waals surface area contributed by atoms with Crippen molar-refractivity contribution in [3.63, 3.8) is 0 Å². The van der Waals surface area contributed by atoms with Crippen LogP contribution in [0.5, 0.6) is 0 Å². The predicted octanol–water partition coefficient (Wildman–Crippen LogP) is 3.92. The molecule has 8 heteroatoms. The number of hydrogen-bond donors (Lipinski definition) is 0. The van der Waals surface area contributed by atoms with Crippen molar-refractivity contribution in [3.8, 4) is 11.3 Å². The first-order valence-electron chi connectivity index (χ1n) is 10.1. The lowest BCUT2D eigenvalue weighted by atomic mass is 10.1. The Morgan fingerprint density at radius 1 is 1.00 bits per heavy atom. The van der Waals surface area contributed by atoms with Gasteiger partial charge in [-0.3, -0.25) is 9.59 Å². The van der Waals surface area contributed by atoms with E-state index in [1.165, 1.54) is 12.1 Å². The van der Waals surface area contributed by atoms with Gasteiger partial charge in [0.1, 0.15) is 5.76 Å². The number of furan rings is 1. The molecule has 0 radical (unpaired) electrons. The lowest BCUT2D eigenvalue weighted by Crippen LogP contribution is -2.49.